The van der Waals surface area contributed by atoms with Crippen LogP contribution in [0.2, 0.25) is 0 Å². The Labute approximate surface area is 175 Å². The Bertz CT molecular complexity index is 631. The van der Waals surface area contributed by atoms with Gasteiger partial charge in [0, 0.05) is 19.7 Å². The molecule has 164 valence electrons. The lowest BCUT2D eigenvalue weighted by atomic mass is 10.0. The standard InChI is InChI=1S/C12H23NO3.C11H14O2/c1-12(2,3)16-11(15)13-7-4-5-10(9-14)6-8-13;1-11(2,3)13-10(12)9-7-5-4-6-8-9/h10,14H,4-9H2,1-3H3;4-8H,1-3H3. The molecule has 1 saturated heterocycles. The summed E-state index contributed by atoms with van der Waals surface area (Å²) in [6.07, 6.45) is 2.59. The zero-order valence-electron chi connectivity index (χ0n) is 18.7. The lowest BCUT2D eigenvalue weighted by Gasteiger charge is -2.26. The molecule has 0 aromatic heterocycles. The van der Waals surface area contributed by atoms with E-state index in [2.05, 4.69) is 0 Å². The minimum absolute atomic E-state index is 0.224. The van der Waals surface area contributed by atoms with Gasteiger partial charge in [-0.2, -0.15) is 0 Å². The summed E-state index contributed by atoms with van der Waals surface area (Å²) in [5.74, 6) is 0.0699. The van der Waals surface area contributed by atoms with Crippen molar-refractivity contribution in [2.75, 3.05) is 19.7 Å². The largest absolute Gasteiger partial charge is 0.456 e. The van der Waals surface area contributed by atoms with E-state index in [0.29, 0.717) is 18.0 Å². The van der Waals surface area contributed by atoms with Gasteiger partial charge in [-0.1, -0.05) is 18.2 Å². The van der Waals surface area contributed by atoms with Gasteiger partial charge in [0.25, 0.3) is 0 Å². The molecule has 1 heterocycles. The second-order valence-electron chi connectivity index (χ2n) is 9.31. The van der Waals surface area contributed by atoms with E-state index in [1.165, 1.54) is 0 Å². The van der Waals surface area contributed by atoms with Crippen LogP contribution in [0.25, 0.3) is 0 Å². The van der Waals surface area contributed by atoms with Crippen LogP contribution in [0.4, 0.5) is 4.79 Å². The van der Waals surface area contributed by atoms with Gasteiger partial charge in [-0.3, -0.25) is 0 Å². The number of aliphatic hydroxyl groups excluding tert-OH is 1. The van der Waals surface area contributed by atoms with E-state index < -0.39 is 11.2 Å². The SMILES string of the molecule is CC(C)(C)OC(=O)N1CCCC(CO)CC1.CC(C)(C)OC(=O)c1ccccc1. The Balaban J connectivity index is 0.000000296. The van der Waals surface area contributed by atoms with E-state index in [0.717, 1.165) is 25.8 Å². The summed E-state index contributed by atoms with van der Waals surface area (Å²) in [5, 5.41) is 9.09. The van der Waals surface area contributed by atoms with Crippen LogP contribution in [-0.2, 0) is 9.47 Å². The number of aliphatic hydroxyl groups is 1. The third-order valence-electron chi connectivity index (χ3n) is 4.17. The highest BCUT2D eigenvalue weighted by atomic mass is 16.6. The summed E-state index contributed by atoms with van der Waals surface area (Å²) in [7, 11) is 0. The Morgan fingerprint density at radius 1 is 0.966 bits per heavy atom. The smallest absolute Gasteiger partial charge is 0.410 e. The molecule has 29 heavy (non-hydrogen) atoms. The number of likely N-dealkylation sites (tertiary alicyclic amines) is 1. The summed E-state index contributed by atoms with van der Waals surface area (Å²) in [6, 6.07) is 8.99. The van der Waals surface area contributed by atoms with Crippen molar-refractivity contribution < 1.29 is 24.2 Å². The topological polar surface area (TPSA) is 76.1 Å². The van der Waals surface area contributed by atoms with Crippen molar-refractivity contribution in [2.45, 2.75) is 72.0 Å². The molecule has 1 aromatic rings. The van der Waals surface area contributed by atoms with Crippen molar-refractivity contribution in [1.82, 2.24) is 4.90 Å². The molecule has 0 radical (unpaired) electrons. The van der Waals surface area contributed by atoms with Crippen molar-refractivity contribution in [2.24, 2.45) is 5.92 Å². The van der Waals surface area contributed by atoms with Crippen LogP contribution in [0.5, 0.6) is 0 Å². The number of carbonyl (C=O) groups is 2. The van der Waals surface area contributed by atoms with Crippen LogP contribution in [0, 0.1) is 5.92 Å². The minimum Gasteiger partial charge on any atom is -0.456 e. The van der Waals surface area contributed by atoms with Gasteiger partial charge in [0.2, 0.25) is 0 Å². The number of esters is 1. The van der Waals surface area contributed by atoms with E-state index in [1.54, 1.807) is 17.0 Å². The second-order valence-corrected chi connectivity index (χ2v) is 9.31. The summed E-state index contributed by atoms with van der Waals surface area (Å²) >= 11 is 0. The van der Waals surface area contributed by atoms with E-state index in [4.69, 9.17) is 14.6 Å². The first-order chi connectivity index (χ1) is 13.4. The summed E-state index contributed by atoms with van der Waals surface area (Å²) in [4.78, 5) is 25.0. The minimum atomic E-state index is -0.431. The van der Waals surface area contributed by atoms with Crippen molar-refractivity contribution in [1.29, 1.82) is 0 Å². The molecule has 1 N–H and O–H groups in total. The maximum Gasteiger partial charge on any atom is 0.410 e. The van der Waals surface area contributed by atoms with Gasteiger partial charge in [-0.25, -0.2) is 9.59 Å². The Morgan fingerprint density at radius 3 is 2.07 bits per heavy atom. The fraction of sp³-hybridized carbons (Fsp3) is 0.652. The third kappa shape index (κ3) is 10.9. The fourth-order valence-electron chi connectivity index (χ4n) is 2.77. The molecular weight excluding hydrogens is 370 g/mol. The second kappa shape index (κ2) is 11.2. The molecule has 0 bridgehead atoms. The van der Waals surface area contributed by atoms with Crippen molar-refractivity contribution >= 4 is 12.1 Å². The molecule has 1 aromatic carbocycles. The van der Waals surface area contributed by atoms with Crippen LogP contribution in [0.3, 0.4) is 0 Å². The van der Waals surface area contributed by atoms with Gasteiger partial charge in [0.05, 0.1) is 5.56 Å². The molecule has 1 atom stereocenters. The first-order valence-electron chi connectivity index (χ1n) is 10.3. The average molecular weight is 408 g/mol. The quantitative estimate of drug-likeness (QED) is 0.722. The molecule has 1 unspecified atom stereocenters. The molecule has 6 nitrogen and oxygen atoms in total. The molecule has 6 heteroatoms. The molecule has 0 aliphatic carbocycles. The molecule has 1 amide bonds. The first-order valence-corrected chi connectivity index (χ1v) is 10.3. The maximum absolute atomic E-state index is 11.8. The Kier molecular flexibility index (Phi) is 9.63. The number of amides is 1. The highest BCUT2D eigenvalue weighted by Gasteiger charge is 2.24. The van der Waals surface area contributed by atoms with Crippen molar-refractivity contribution in [3.8, 4) is 0 Å². The number of rotatable bonds is 2. The predicted octanol–water partition coefficient (Wildman–Crippen LogP) is 4.66. The van der Waals surface area contributed by atoms with Crippen molar-refractivity contribution in [3.63, 3.8) is 0 Å². The third-order valence-corrected chi connectivity index (χ3v) is 4.17. The van der Waals surface area contributed by atoms with Crippen LogP contribution in [0.15, 0.2) is 30.3 Å². The summed E-state index contributed by atoms with van der Waals surface area (Å²) in [5.41, 5.74) is -0.260. The number of benzene rings is 1. The van der Waals surface area contributed by atoms with Gasteiger partial charge in [-0.15, -0.1) is 0 Å². The van der Waals surface area contributed by atoms with E-state index in [1.807, 2.05) is 59.7 Å². The predicted molar refractivity (Wildman–Crippen MR) is 114 cm³/mol. The molecular formula is C23H37NO5. The number of nitrogens with zero attached hydrogens (tertiary/aromatic N) is 1. The molecule has 1 fully saturated rings. The molecule has 1 aliphatic rings. The lowest BCUT2D eigenvalue weighted by Crippen LogP contribution is -2.37. The van der Waals surface area contributed by atoms with Crippen LogP contribution < -0.4 is 0 Å². The maximum atomic E-state index is 11.8. The van der Waals surface area contributed by atoms with Gasteiger partial charge in [0.1, 0.15) is 11.2 Å². The molecule has 0 saturated carbocycles. The highest BCUT2D eigenvalue weighted by molar-refractivity contribution is 5.89. The van der Waals surface area contributed by atoms with Gasteiger partial charge in [-0.05, 0) is 78.9 Å². The molecule has 2 rings (SSSR count). The summed E-state index contributed by atoms with van der Waals surface area (Å²) in [6.45, 7) is 12.8. The van der Waals surface area contributed by atoms with Crippen molar-refractivity contribution in [3.05, 3.63) is 35.9 Å². The normalized spacial score (nSPS) is 17.5. The number of hydrogen-bond acceptors (Lipinski definition) is 5. The van der Waals surface area contributed by atoms with Gasteiger partial charge < -0.3 is 19.5 Å². The Morgan fingerprint density at radius 2 is 1.55 bits per heavy atom. The first kappa shape index (κ1) is 25.0. The van der Waals surface area contributed by atoms with Crippen LogP contribution >= 0.6 is 0 Å². The van der Waals surface area contributed by atoms with Gasteiger partial charge >= 0.3 is 12.1 Å². The van der Waals surface area contributed by atoms with Crippen LogP contribution in [-0.4, -0.2) is 53.0 Å². The number of ether oxygens (including phenoxy) is 2. The van der Waals surface area contributed by atoms with Gasteiger partial charge in [0.15, 0.2) is 0 Å². The number of carbonyl (C=O) groups excluding carboxylic acids is 2. The Hall–Kier alpha value is -2.08. The fourth-order valence-corrected chi connectivity index (χ4v) is 2.77. The zero-order valence-corrected chi connectivity index (χ0v) is 18.7. The zero-order chi connectivity index (χ0) is 22.1. The lowest BCUT2D eigenvalue weighted by molar-refractivity contribution is 0.00688. The molecule has 1 aliphatic heterocycles. The monoisotopic (exact) mass is 407 g/mol. The highest BCUT2D eigenvalue weighted by Crippen LogP contribution is 2.19. The van der Waals surface area contributed by atoms with E-state index >= 15 is 0 Å². The number of hydrogen-bond donors (Lipinski definition) is 1. The van der Waals surface area contributed by atoms with E-state index in [9.17, 15) is 9.59 Å². The van der Waals surface area contributed by atoms with E-state index in [-0.39, 0.29) is 18.7 Å². The van der Waals surface area contributed by atoms with Crippen LogP contribution in [0.1, 0.15) is 71.2 Å². The average Bonchev–Trinajstić information content (AvgIpc) is 2.86. The summed E-state index contributed by atoms with van der Waals surface area (Å²) < 4.78 is 10.5. The molecule has 0 spiro atoms.